The molecule has 3 N–H and O–H groups in total. The summed E-state index contributed by atoms with van der Waals surface area (Å²) in [6.07, 6.45) is 0.222. The maximum atomic E-state index is 13.1. The molecule has 0 atom stereocenters. The van der Waals surface area contributed by atoms with Crippen molar-refractivity contribution in [2.24, 2.45) is 0 Å². The van der Waals surface area contributed by atoms with E-state index in [0.29, 0.717) is 46.3 Å². The molecule has 1 aliphatic heterocycles. The van der Waals surface area contributed by atoms with Crippen LogP contribution >= 0.6 is 0 Å². The Kier molecular flexibility index (Phi) is 6.31. The van der Waals surface area contributed by atoms with Crippen LogP contribution < -0.4 is 15.4 Å². The van der Waals surface area contributed by atoms with E-state index < -0.39 is 11.8 Å². The molecule has 3 aromatic carbocycles. The summed E-state index contributed by atoms with van der Waals surface area (Å²) in [5.74, 6) is -0.457. The number of imide groups is 1. The SMILES string of the molecule is COc1ccccc1-c1cc2c(c3c1C(=O)NC3=O)c1cc(O)ccc1n2CCC(=O)NCCN(C)C. The average molecular weight is 501 g/mol. The summed E-state index contributed by atoms with van der Waals surface area (Å²) in [6.45, 7) is 1.62. The molecular formula is C28H28N4O5. The molecular weight excluding hydrogens is 472 g/mol. The Hall–Kier alpha value is -4.37. The van der Waals surface area contributed by atoms with Gasteiger partial charge in [0.2, 0.25) is 5.91 Å². The molecule has 190 valence electrons. The van der Waals surface area contributed by atoms with Crippen LogP contribution in [0.15, 0.2) is 48.5 Å². The third-order valence-corrected chi connectivity index (χ3v) is 6.66. The Morgan fingerprint density at radius 2 is 1.78 bits per heavy atom. The third kappa shape index (κ3) is 4.27. The number of fused-ring (bicyclic) bond motifs is 5. The molecule has 0 aliphatic carbocycles. The maximum absolute atomic E-state index is 13.1. The Labute approximate surface area is 213 Å². The number of aromatic hydroxyl groups is 1. The fourth-order valence-corrected chi connectivity index (χ4v) is 4.98. The van der Waals surface area contributed by atoms with Crippen molar-refractivity contribution in [3.05, 3.63) is 59.7 Å². The molecule has 9 nitrogen and oxygen atoms in total. The highest BCUT2D eigenvalue weighted by Crippen LogP contribution is 2.43. The molecule has 1 aliphatic rings. The number of para-hydroxylation sites is 1. The molecule has 5 rings (SSSR count). The van der Waals surface area contributed by atoms with Crippen LogP contribution in [0.25, 0.3) is 32.9 Å². The van der Waals surface area contributed by atoms with Gasteiger partial charge >= 0.3 is 0 Å². The predicted molar refractivity (Wildman–Crippen MR) is 141 cm³/mol. The summed E-state index contributed by atoms with van der Waals surface area (Å²) >= 11 is 0. The van der Waals surface area contributed by atoms with Crippen molar-refractivity contribution in [1.82, 2.24) is 20.1 Å². The number of phenols is 1. The van der Waals surface area contributed by atoms with Crippen LogP contribution in [0, 0.1) is 0 Å². The van der Waals surface area contributed by atoms with E-state index in [1.807, 2.05) is 47.8 Å². The second kappa shape index (κ2) is 9.59. The van der Waals surface area contributed by atoms with Gasteiger partial charge in [-0.25, -0.2) is 0 Å². The zero-order valence-corrected chi connectivity index (χ0v) is 20.9. The fraction of sp³-hybridized carbons (Fsp3) is 0.250. The smallest absolute Gasteiger partial charge is 0.259 e. The van der Waals surface area contributed by atoms with E-state index in [2.05, 4.69) is 10.6 Å². The zero-order chi connectivity index (χ0) is 26.3. The topological polar surface area (TPSA) is 113 Å². The number of aromatic nitrogens is 1. The standard InChI is InChI=1S/C28H28N4O5/c1-31(2)13-11-29-23(34)10-12-32-20-9-8-16(33)14-19(20)24-21(32)15-18(17-6-4-5-7-22(17)37-3)25-26(24)28(36)30-27(25)35/h4-9,14-15,33H,10-13H2,1-3H3,(H,29,34)(H,30,35,36). The van der Waals surface area contributed by atoms with E-state index in [9.17, 15) is 19.5 Å². The summed E-state index contributed by atoms with van der Waals surface area (Å²) in [4.78, 5) is 40.7. The second-order valence-corrected chi connectivity index (χ2v) is 9.31. The normalized spacial score (nSPS) is 12.9. The van der Waals surface area contributed by atoms with Gasteiger partial charge < -0.3 is 24.6 Å². The molecule has 3 amide bonds. The zero-order valence-electron chi connectivity index (χ0n) is 20.9. The number of phenolic OH excluding ortho intramolecular Hbond substituents is 1. The fourth-order valence-electron chi connectivity index (χ4n) is 4.98. The monoisotopic (exact) mass is 500 g/mol. The van der Waals surface area contributed by atoms with Gasteiger partial charge in [0.15, 0.2) is 0 Å². The first kappa shape index (κ1) is 24.3. The first-order chi connectivity index (χ1) is 17.8. The Morgan fingerprint density at radius 3 is 2.54 bits per heavy atom. The molecule has 9 heteroatoms. The number of methoxy groups -OCH3 is 1. The first-order valence-corrected chi connectivity index (χ1v) is 12.0. The number of nitrogens with zero attached hydrogens (tertiary/aromatic N) is 2. The summed E-state index contributed by atoms with van der Waals surface area (Å²) in [6, 6.07) is 14.1. The van der Waals surface area contributed by atoms with Gasteiger partial charge in [-0.3, -0.25) is 19.7 Å². The van der Waals surface area contributed by atoms with E-state index in [0.717, 1.165) is 12.1 Å². The van der Waals surface area contributed by atoms with E-state index in [1.165, 1.54) is 0 Å². The van der Waals surface area contributed by atoms with Gasteiger partial charge in [-0.2, -0.15) is 0 Å². The number of nitrogens with one attached hydrogen (secondary N) is 2. The maximum Gasteiger partial charge on any atom is 0.259 e. The van der Waals surface area contributed by atoms with Gasteiger partial charge in [-0.1, -0.05) is 18.2 Å². The lowest BCUT2D eigenvalue weighted by atomic mass is 9.92. The lowest BCUT2D eigenvalue weighted by Gasteiger charge is -2.14. The Morgan fingerprint density at radius 1 is 1.03 bits per heavy atom. The van der Waals surface area contributed by atoms with E-state index in [-0.39, 0.29) is 29.2 Å². The molecule has 0 spiro atoms. The molecule has 0 radical (unpaired) electrons. The van der Waals surface area contributed by atoms with Crippen molar-refractivity contribution in [3.63, 3.8) is 0 Å². The van der Waals surface area contributed by atoms with Crippen molar-refractivity contribution in [2.45, 2.75) is 13.0 Å². The van der Waals surface area contributed by atoms with Crippen LogP contribution in [0.1, 0.15) is 27.1 Å². The minimum atomic E-state index is -0.495. The van der Waals surface area contributed by atoms with E-state index in [1.54, 1.807) is 31.4 Å². The molecule has 1 aromatic heterocycles. The number of aryl methyl sites for hydroxylation is 1. The number of ether oxygens (including phenoxy) is 1. The van der Waals surface area contributed by atoms with Crippen molar-refractivity contribution < 1.29 is 24.2 Å². The Bertz CT molecular complexity index is 1570. The lowest BCUT2D eigenvalue weighted by Crippen LogP contribution is -2.31. The number of hydrogen-bond acceptors (Lipinski definition) is 6. The number of benzene rings is 3. The summed E-state index contributed by atoms with van der Waals surface area (Å²) in [7, 11) is 5.44. The van der Waals surface area contributed by atoms with Crippen LogP contribution in [-0.4, -0.2) is 66.6 Å². The molecule has 37 heavy (non-hydrogen) atoms. The van der Waals surface area contributed by atoms with Crippen molar-refractivity contribution in [1.29, 1.82) is 0 Å². The van der Waals surface area contributed by atoms with Gasteiger partial charge in [0.05, 0.1) is 23.8 Å². The number of rotatable bonds is 8. The van der Waals surface area contributed by atoms with Gasteiger partial charge in [0, 0.05) is 53.5 Å². The molecule has 4 aromatic rings. The predicted octanol–water partition coefficient (Wildman–Crippen LogP) is 3.13. The molecule has 0 saturated heterocycles. The van der Waals surface area contributed by atoms with Gasteiger partial charge in [-0.05, 0) is 44.4 Å². The molecule has 0 saturated carbocycles. The largest absolute Gasteiger partial charge is 0.508 e. The summed E-state index contributed by atoms with van der Waals surface area (Å²) in [5, 5.41) is 16.8. The van der Waals surface area contributed by atoms with Crippen LogP contribution in [0.5, 0.6) is 11.5 Å². The van der Waals surface area contributed by atoms with E-state index in [4.69, 9.17) is 4.74 Å². The molecule has 0 unspecified atom stereocenters. The molecule has 0 bridgehead atoms. The van der Waals surface area contributed by atoms with Gasteiger partial charge in [0.25, 0.3) is 11.8 Å². The molecule has 2 heterocycles. The summed E-state index contributed by atoms with van der Waals surface area (Å²) in [5.41, 5.74) is 3.20. The average Bonchev–Trinajstić information content (AvgIpc) is 3.34. The third-order valence-electron chi connectivity index (χ3n) is 6.66. The number of carbonyl (C=O) groups excluding carboxylic acids is 3. The number of likely N-dealkylation sites (N-methyl/N-ethyl adjacent to an activating group) is 1. The minimum Gasteiger partial charge on any atom is -0.508 e. The number of hydrogen-bond donors (Lipinski definition) is 3. The highest BCUT2D eigenvalue weighted by Gasteiger charge is 2.35. The highest BCUT2D eigenvalue weighted by molar-refractivity contribution is 6.32. The second-order valence-electron chi connectivity index (χ2n) is 9.31. The Balaban J connectivity index is 1.72. The minimum absolute atomic E-state index is 0.0419. The van der Waals surface area contributed by atoms with Gasteiger partial charge in [-0.15, -0.1) is 0 Å². The number of carbonyl (C=O) groups is 3. The van der Waals surface area contributed by atoms with Crippen LogP contribution in [0.2, 0.25) is 0 Å². The lowest BCUT2D eigenvalue weighted by molar-refractivity contribution is -0.121. The molecule has 0 fully saturated rings. The van der Waals surface area contributed by atoms with Crippen molar-refractivity contribution >= 4 is 39.5 Å². The van der Waals surface area contributed by atoms with Crippen LogP contribution in [0.4, 0.5) is 0 Å². The number of amides is 3. The highest BCUT2D eigenvalue weighted by atomic mass is 16.5. The quantitative estimate of drug-likeness (QED) is 0.321. The van der Waals surface area contributed by atoms with Crippen LogP contribution in [-0.2, 0) is 11.3 Å². The van der Waals surface area contributed by atoms with Crippen molar-refractivity contribution in [2.75, 3.05) is 34.3 Å². The van der Waals surface area contributed by atoms with E-state index >= 15 is 0 Å². The van der Waals surface area contributed by atoms with Crippen molar-refractivity contribution in [3.8, 4) is 22.6 Å². The van der Waals surface area contributed by atoms with Gasteiger partial charge in [0.1, 0.15) is 11.5 Å². The summed E-state index contributed by atoms with van der Waals surface area (Å²) < 4.78 is 7.52. The van der Waals surface area contributed by atoms with Crippen LogP contribution in [0.3, 0.4) is 0 Å². The first-order valence-electron chi connectivity index (χ1n) is 12.0.